The first kappa shape index (κ1) is 15.1. The molecule has 0 bridgehead atoms. The molecule has 1 aromatic heterocycles. The van der Waals surface area contributed by atoms with Crippen LogP contribution in [-0.2, 0) is 0 Å². The maximum atomic E-state index is 12.2. The number of hydrogen-bond donors (Lipinski definition) is 2. The van der Waals surface area contributed by atoms with Gasteiger partial charge in [0.1, 0.15) is 5.82 Å². The van der Waals surface area contributed by atoms with Gasteiger partial charge in [0, 0.05) is 12.1 Å². The topological polar surface area (TPSA) is 72.5 Å². The second-order valence-corrected chi connectivity index (χ2v) is 5.23. The minimum atomic E-state index is -0.234. The molecule has 1 amide bonds. The molecule has 1 aliphatic heterocycles. The number of anilines is 2. The molecule has 6 nitrogen and oxygen atoms in total. The second kappa shape index (κ2) is 7.00. The molecule has 0 atom stereocenters. The van der Waals surface area contributed by atoms with Gasteiger partial charge >= 0.3 is 0 Å². The van der Waals surface area contributed by atoms with E-state index in [9.17, 15) is 4.79 Å². The summed E-state index contributed by atoms with van der Waals surface area (Å²) in [4.78, 5) is 16.5. The Bertz CT molecular complexity index is 686. The van der Waals surface area contributed by atoms with E-state index < -0.39 is 0 Å². The van der Waals surface area contributed by atoms with Crippen molar-refractivity contribution in [2.24, 2.45) is 0 Å². The van der Waals surface area contributed by atoms with E-state index in [1.165, 1.54) is 0 Å². The fourth-order valence-corrected chi connectivity index (χ4v) is 2.21. The Labute approximate surface area is 134 Å². The Morgan fingerprint density at radius 3 is 2.87 bits per heavy atom. The van der Waals surface area contributed by atoms with Crippen molar-refractivity contribution < 1.29 is 14.3 Å². The largest absolute Gasteiger partial charge is 0.454 e. The summed E-state index contributed by atoms with van der Waals surface area (Å²) in [6.45, 7) is 3.25. The maximum Gasteiger partial charge on any atom is 0.256 e. The minimum absolute atomic E-state index is 0.189. The van der Waals surface area contributed by atoms with Gasteiger partial charge in [-0.25, -0.2) is 4.98 Å². The van der Waals surface area contributed by atoms with Crippen molar-refractivity contribution in [2.75, 3.05) is 24.0 Å². The highest BCUT2D eigenvalue weighted by Crippen LogP contribution is 2.32. The van der Waals surface area contributed by atoms with E-state index in [0.717, 1.165) is 25.1 Å². The molecule has 0 fully saturated rings. The maximum absolute atomic E-state index is 12.2. The lowest BCUT2D eigenvalue weighted by atomic mass is 10.2. The van der Waals surface area contributed by atoms with Crippen molar-refractivity contribution in [3.63, 3.8) is 0 Å². The number of benzene rings is 1. The number of rotatable bonds is 6. The van der Waals surface area contributed by atoms with Crippen LogP contribution in [0.3, 0.4) is 0 Å². The molecule has 120 valence electrons. The highest BCUT2D eigenvalue weighted by atomic mass is 16.7. The van der Waals surface area contributed by atoms with E-state index >= 15 is 0 Å². The van der Waals surface area contributed by atoms with Crippen LogP contribution in [0.25, 0.3) is 0 Å². The van der Waals surface area contributed by atoms with Crippen molar-refractivity contribution >= 4 is 17.4 Å². The summed E-state index contributed by atoms with van der Waals surface area (Å²) in [7, 11) is 0. The Morgan fingerprint density at radius 2 is 2.09 bits per heavy atom. The zero-order valence-electron chi connectivity index (χ0n) is 13.0. The Kier molecular flexibility index (Phi) is 4.61. The summed E-state index contributed by atoms with van der Waals surface area (Å²) >= 11 is 0. The van der Waals surface area contributed by atoms with Crippen LogP contribution in [0.2, 0.25) is 0 Å². The summed E-state index contributed by atoms with van der Waals surface area (Å²) in [5.41, 5.74) is 1.45. The van der Waals surface area contributed by atoms with Gasteiger partial charge in [-0.15, -0.1) is 0 Å². The van der Waals surface area contributed by atoms with E-state index in [1.54, 1.807) is 30.5 Å². The molecule has 2 N–H and O–H groups in total. The molecule has 0 saturated carbocycles. The molecule has 1 aromatic carbocycles. The number of carbonyl (C=O) groups is 1. The summed E-state index contributed by atoms with van der Waals surface area (Å²) in [6.07, 6.45) is 3.97. The van der Waals surface area contributed by atoms with Gasteiger partial charge in [-0.05, 0) is 36.8 Å². The van der Waals surface area contributed by atoms with Crippen LogP contribution in [0.5, 0.6) is 11.5 Å². The Morgan fingerprint density at radius 1 is 1.22 bits per heavy atom. The van der Waals surface area contributed by atoms with Crippen molar-refractivity contribution in [3.05, 3.63) is 42.1 Å². The van der Waals surface area contributed by atoms with Crippen LogP contribution in [0.4, 0.5) is 11.5 Å². The number of fused-ring (bicyclic) bond motifs is 1. The highest BCUT2D eigenvalue weighted by molar-refractivity contribution is 6.04. The number of aromatic nitrogens is 1. The van der Waals surface area contributed by atoms with Gasteiger partial charge in [0.05, 0.1) is 11.9 Å². The van der Waals surface area contributed by atoms with Crippen LogP contribution in [0.15, 0.2) is 36.5 Å². The lowest BCUT2D eigenvalue weighted by molar-refractivity contribution is 0.102. The fourth-order valence-electron chi connectivity index (χ4n) is 2.21. The van der Waals surface area contributed by atoms with E-state index in [1.807, 2.05) is 6.07 Å². The Balaban J connectivity index is 1.61. The molecule has 0 radical (unpaired) electrons. The van der Waals surface area contributed by atoms with Crippen LogP contribution < -0.4 is 20.1 Å². The van der Waals surface area contributed by atoms with Gasteiger partial charge in [-0.3, -0.25) is 4.79 Å². The smallest absolute Gasteiger partial charge is 0.256 e. The van der Waals surface area contributed by atoms with Gasteiger partial charge in [-0.2, -0.15) is 0 Å². The number of carbonyl (C=O) groups excluding carboxylic acids is 1. The standard InChI is InChI=1S/C17H19N3O3/c1-2-3-8-18-13-5-7-16(19-10-13)20-17(21)12-4-6-14-15(9-12)23-11-22-14/h4-7,9-10,18H,2-3,8,11H2,1H3,(H,19,20,21). The van der Waals surface area contributed by atoms with Gasteiger partial charge in [0.15, 0.2) is 11.5 Å². The molecule has 3 rings (SSSR count). The fraction of sp³-hybridized carbons (Fsp3) is 0.294. The van der Waals surface area contributed by atoms with Crippen LogP contribution in [0.1, 0.15) is 30.1 Å². The number of ether oxygens (including phenoxy) is 2. The van der Waals surface area contributed by atoms with E-state index in [-0.39, 0.29) is 12.7 Å². The zero-order chi connectivity index (χ0) is 16.1. The van der Waals surface area contributed by atoms with Gasteiger partial charge in [-0.1, -0.05) is 13.3 Å². The molecular weight excluding hydrogens is 294 g/mol. The molecule has 2 aromatic rings. The van der Waals surface area contributed by atoms with Crippen molar-refractivity contribution in [1.82, 2.24) is 4.98 Å². The first-order valence-corrected chi connectivity index (χ1v) is 7.67. The second-order valence-electron chi connectivity index (χ2n) is 5.23. The third-order valence-corrected chi connectivity index (χ3v) is 3.50. The monoisotopic (exact) mass is 313 g/mol. The van der Waals surface area contributed by atoms with Crippen molar-refractivity contribution in [2.45, 2.75) is 19.8 Å². The quantitative estimate of drug-likeness (QED) is 0.801. The molecule has 2 heterocycles. The molecule has 1 aliphatic rings. The number of nitrogens with zero attached hydrogens (tertiary/aromatic N) is 1. The van der Waals surface area contributed by atoms with Crippen molar-refractivity contribution in [1.29, 1.82) is 0 Å². The molecule has 0 spiro atoms. The number of unbranched alkanes of at least 4 members (excludes halogenated alkanes) is 1. The summed E-state index contributed by atoms with van der Waals surface area (Å²) in [5, 5.41) is 6.05. The van der Waals surface area contributed by atoms with E-state index in [2.05, 4.69) is 22.5 Å². The van der Waals surface area contributed by atoms with Crippen molar-refractivity contribution in [3.8, 4) is 11.5 Å². The lowest BCUT2D eigenvalue weighted by Gasteiger charge is -2.08. The van der Waals surface area contributed by atoms with Crippen LogP contribution in [-0.4, -0.2) is 24.2 Å². The third kappa shape index (κ3) is 3.71. The number of pyridine rings is 1. The van der Waals surface area contributed by atoms with Gasteiger partial charge < -0.3 is 20.1 Å². The minimum Gasteiger partial charge on any atom is -0.454 e. The average Bonchev–Trinajstić information content (AvgIpc) is 3.04. The van der Waals surface area contributed by atoms with E-state index in [4.69, 9.17) is 9.47 Å². The first-order valence-electron chi connectivity index (χ1n) is 7.67. The molecule has 0 aliphatic carbocycles. The molecule has 23 heavy (non-hydrogen) atoms. The SMILES string of the molecule is CCCCNc1ccc(NC(=O)c2ccc3c(c2)OCO3)nc1. The molecule has 0 saturated heterocycles. The summed E-state index contributed by atoms with van der Waals surface area (Å²) in [5.74, 6) is 1.51. The highest BCUT2D eigenvalue weighted by Gasteiger charge is 2.16. The third-order valence-electron chi connectivity index (χ3n) is 3.50. The van der Waals surface area contributed by atoms with E-state index in [0.29, 0.717) is 22.9 Å². The first-order chi connectivity index (χ1) is 11.3. The molecular formula is C17H19N3O3. The number of hydrogen-bond acceptors (Lipinski definition) is 5. The summed E-state index contributed by atoms with van der Waals surface area (Å²) < 4.78 is 10.5. The number of nitrogens with one attached hydrogen (secondary N) is 2. The zero-order valence-corrected chi connectivity index (χ0v) is 13.0. The lowest BCUT2D eigenvalue weighted by Crippen LogP contribution is -2.13. The number of amides is 1. The van der Waals surface area contributed by atoms with Crippen LogP contribution in [0, 0.1) is 0 Å². The van der Waals surface area contributed by atoms with Gasteiger partial charge in [0.25, 0.3) is 5.91 Å². The van der Waals surface area contributed by atoms with Crippen LogP contribution >= 0.6 is 0 Å². The average molecular weight is 313 g/mol. The van der Waals surface area contributed by atoms with Gasteiger partial charge in [0.2, 0.25) is 6.79 Å². The Hall–Kier alpha value is -2.76. The summed E-state index contributed by atoms with van der Waals surface area (Å²) in [6, 6.07) is 8.77. The predicted molar refractivity (Wildman–Crippen MR) is 88.2 cm³/mol. The normalized spacial score (nSPS) is 12.0. The molecule has 6 heteroatoms. The molecule has 0 unspecified atom stereocenters. The predicted octanol–water partition coefficient (Wildman–Crippen LogP) is 3.27.